The van der Waals surface area contributed by atoms with E-state index in [-0.39, 0.29) is 17.8 Å². The van der Waals surface area contributed by atoms with E-state index in [4.69, 9.17) is 9.72 Å². The van der Waals surface area contributed by atoms with Gasteiger partial charge in [0.25, 0.3) is 0 Å². The number of nitrogens with zero attached hydrogens (tertiary/aromatic N) is 4. The molecule has 0 radical (unpaired) electrons. The fourth-order valence-electron chi connectivity index (χ4n) is 3.84. The Morgan fingerprint density at radius 2 is 1.90 bits per heavy atom. The lowest BCUT2D eigenvalue weighted by Crippen LogP contribution is -2.35. The SMILES string of the molecule is Cn1ccc(-c2cc(-c3ccc(F)cc3)cnc2C2CCN(C(=O)OC(C)(C)C)C2)n1. The summed E-state index contributed by atoms with van der Waals surface area (Å²) < 4.78 is 20.6. The van der Waals surface area contributed by atoms with Gasteiger partial charge in [-0.2, -0.15) is 5.10 Å². The summed E-state index contributed by atoms with van der Waals surface area (Å²) in [5.74, 6) is -0.182. The summed E-state index contributed by atoms with van der Waals surface area (Å²) in [7, 11) is 1.88. The highest BCUT2D eigenvalue weighted by Crippen LogP contribution is 2.35. The number of hydrogen-bond acceptors (Lipinski definition) is 4. The number of rotatable bonds is 3. The van der Waals surface area contributed by atoms with Gasteiger partial charge >= 0.3 is 6.09 Å². The molecule has 3 heterocycles. The zero-order valence-corrected chi connectivity index (χ0v) is 18.3. The van der Waals surface area contributed by atoms with Crippen LogP contribution in [0.4, 0.5) is 9.18 Å². The Morgan fingerprint density at radius 3 is 2.55 bits per heavy atom. The van der Waals surface area contributed by atoms with Gasteiger partial charge in [-0.25, -0.2) is 9.18 Å². The maximum Gasteiger partial charge on any atom is 0.410 e. The number of carbonyl (C=O) groups is 1. The van der Waals surface area contributed by atoms with Crippen molar-refractivity contribution in [2.75, 3.05) is 13.1 Å². The van der Waals surface area contributed by atoms with E-state index in [2.05, 4.69) is 5.10 Å². The average molecular weight is 423 g/mol. The Kier molecular flexibility index (Phi) is 5.52. The smallest absolute Gasteiger partial charge is 0.410 e. The lowest BCUT2D eigenvalue weighted by Gasteiger charge is -2.24. The molecular weight excluding hydrogens is 395 g/mol. The number of hydrogen-bond donors (Lipinski definition) is 0. The average Bonchev–Trinajstić information content (AvgIpc) is 3.36. The van der Waals surface area contributed by atoms with E-state index >= 15 is 0 Å². The normalized spacial score (nSPS) is 16.5. The van der Waals surface area contributed by atoms with Crippen LogP contribution in [0.1, 0.15) is 38.8 Å². The van der Waals surface area contributed by atoms with Crippen molar-refractivity contribution in [1.82, 2.24) is 19.7 Å². The van der Waals surface area contributed by atoms with Gasteiger partial charge in [0.05, 0.1) is 11.4 Å². The first-order chi connectivity index (χ1) is 14.7. The van der Waals surface area contributed by atoms with Gasteiger partial charge in [-0.05, 0) is 57.0 Å². The van der Waals surface area contributed by atoms with E-state index < -0.39 is 5.60 Å². The Hall–Kier alpha value is -3.22. The van der Waals surface area contributed by atoms with E-state index in [9.17, 15) is 9.18 Å². The molecule has 1 fully saturated rings. The Balaban J connectivity index is 1.66. The molecule has 0 aliphatic carbocycles. The van der Waals surface area contributed by atoms with E-state index in [1.807, 2.05) is 52.3 Å². The maximum atomic E-state index is 13.4. The van der Waals surface area contributed by atoms with Crippen LogP contribution in [0.3, 0.4) is 0 Å². The zero-order chi connectivity index (χ0) is 22.2. The first-order valence-electron chi connectivity index (χ1n) is 10.4. The van der Waals surface area contributed by atoms with Crippen LogP contribution >= 0.6 is 0 Å². The molecule has 0 N–H and O–H groups in total. The van der Waals surface area contributed by atoms with Crippen LogP contribution in [0.2, 0.25) is 0 Å². The van der Waals surface area contributed by atoms with Gasteiger partial charge in [0.15, 0.2) is 0 Å². The molecule has 7 heteroatoms. The molecule has 6 nitrogen and oxygen atoms in total. The van der Waals surface area contributed by atoms with Crippen LogP contribution in [-0.4, -0.2) is 44.4 Å². The summed E-state index contributed by atoms with van der Waals surface area (Å²) in [6.45, 7) is 6.79. The minimum absolute atomic E-state index is 0.0896. The predicted octanol–water partition coefficient (Wildman–Crippen LogP) is 5.01. The summed E-state index contributed by atoms with van der Waals surface area (Å²) in [6.07, 6.45) is 4.22. The van der Waals surface area contributed by atoms with Crippen LogP contribution in [0.15, 0.2) is 48.8 Å². The molecule has 0 spiro atoms. The molecule has 0 saturated carbocycles. The summed E-state index contributed by atoms with van der Waals surface area (Å²) in [6, 6.07) is 10.4. The second-order valence-corrected chi connectivity index (χ2v) is 8.95. The van der Waals surface area contributed by atoms with Gasteiger partial charge in [0, 0.05) is 49.6 Å². The third-order valence-electron chi connectivity index (χ3n) is 5.31. The number of aryl methyl sites for hydroxylation is 1. The number of carbonyl (C=O) groups excluding carboxylic acids is 1. The molecule has 1 aliphatic heterocycles. The van der Waals surface area contributed by atoms with Gasteiger partial charge in [-0.1, -0.05) is 12.1 Å². The zero-order valence-electron chi connectivity index (χ0n) is 18.3. The molecule has 31 heavy (non-hydrogen) atoms. The van der Waals surface area contributed by atoms with E-state index in [0.29, 0.717) is 13.1 Å². The van der Waals surface area contributed by atoms with Gasteiger partial charge in [0.2, 0.25) is 0 Å². The molecule has 1 atom stereocenters. The molecule has 1 amide bonds. The van der Waals surface area contributed by atoms with Crippen LogP contribution in [0.5, 0.6) is 0 Å². The number of benzene rings is 1. The van der Waals surface area contributed by atoms with Gasteiger partial charge in [0.1, 0.15) is 11.4 Å². The maximum absolute atomic E-state index is 13.4. The summed E-state index contributed by atoms with van der Waals surface area (Å²) in [5.41, 5.74) is 3.92. The van der Waals surface area contributed by atoms with E-state index in [1.165, 1.54) is 12.1 Å². The van der Waals surface area contributed by atoms with E-state index in [1.54, 1.807) is 21.7 Å². The molecule has 1 saturated heterocycles. The highest BCUT2D eigenvalue weighted by atomic mass is 19.1. The largest absolute Gasteiger partial charge is 0.444 e. The lowest BCUT2D eigenvalue weighted by molar-refractivity contribution is 0.0292. The van der Waals surface area contributed by atoms with Gasteiger partial charge in [-0.3, -0.25) is 9.67 Å². The van der Waals surface area contributed by atoms with Crippen LogP contribution in [-0.2, 0) is 11.8 Å². The van der Waals surface area contributed by atoms with Crippen LogP contribution < -0.4 is 0 Å². The van der Waals surface area contributed by atoms with Crippen molar-refractivity contribution in [2.45, 2.75) is 38.7 Å². The number of aromatic nitrogens is 3. The van der Waals surface area contributed by atoms with Crippen LogP contribution in [0, 0.1) is 5.82 Å². The first kappa shape index (κ1) is 21.0. The molecule has 4 rings (SSSR count). The van der Waals surface area contributed by atoms with Crippen molar-refractivity contribution in [3.8, 4) is 22.4 Å². The number of likely N-dealkylation sites (tertiary alicyclic amines) is 1. The fourth-order valence-corrected chi connectivity index (χ4v) is 3.84. The van der Waals surface area contributed by atoms with Crippen molar-refractivity contribution in [3.05, 3.63) is 60.3 Å². The monoisotopic (exact) mass is 422 g/mol. The minimum atomic E-state index is -0.524. The minimum Gasteiger partial charge on any atom is -0.444 e. The fraction of sp³-hybridized carbons (Fsp3) is 0.375. The van der Waals surface area contributed by atoms with Crippen molar-refractivity contribution in [3.63, 3.8) is 0 Å². The lowest BCUT2D eigenvalue weighted by atomic mass is 9.95. The second-order valence-electron chi connectivity index (χ2n) is 8.95. The standard InChI is InChI=1S/C24H27FN4O2/c1-24(2,3)31-23(30)29-12-9-17(15-29)22-20(21-10-11-28(4)27-21)13-18(14-26-22)16-5-7-19(25)8-6-16/h5-8,10-11,13-14,17H,9,12,15H2,1-4H3. The second kappa shape index (κ2) is 8.13. The molecule has 0 bridgehead atoms. The topological polar surface area (TPSA) is 60.2 Å². The molecule has 1 aliphatic rings. The van der Waals surface area contributed by atoms with E-state index in [0.717, 1.165) is 34.5 Å². The van der Waals surface area contributed by atoms with Crippen molar-refractivity contribution in [2.24, 2.45) is 7.05 Å². The molecule has 2 aromatic heterocycles. The summed E-state index contributed by atoms with van der Waals surface area (Å²) >= 11 is 0. The van der Waals surface area contributed by atoms with Crippen molar-refractivity contribution >= 4 is 6.09 Å². The third-order valence-corrected chi connectivity index (χ3v) is 5.31. The first-order valence-corrected chi connectivity index (χ1v) is 10.4. The quantitative estimate of drug-likeness (QED) is 0.595. The molecule has 3 aromatic rings. The number of halogens is 1. The Bertz CT molecular complexity index is 1090. The molecule has 1 unspecified atom stereocenters. The van der Waals surface area contributed by atoms with Gasteiger partial charge in [-0.15, -0.1) is 0 Å². The van der Waals surface area contributed by atoms with Crippen molar-refractivity contribution < 1.29 is 13.9 Å². The number of pyridine rings is 1. The van der Waals surface area contributed by atoms with Crippen molar-refractivity contribution in [1.29, 1.82) is 0 Å². The molecule has 162 valence electrons. The highest BCUT2D eigenvalue weighted by molar-refractivity contribution is 5.73. The highest BCUT2D eigenvalue weighted by Gasteiger charge is 2.33. The Labute approximate surface area is 181 Å². The van der Waals surface area contributed by atoms with Crippen LogP contribution in [0.25, 0.3) is 22.4 Å². The molecular formula is C24H27FN4O2. The van der Waals surface area contributed by atoms with Gasteiger partial charge < -0.3 is 9.64 Å². The number of ether oxygens (including phenoxy) is 1. The Morgan fingerprint density at radius 1 is 1.16 bits per heavy atom. The number of amides is 1. The summed E-state index contributed by atoms with van der Waals surface area (Å²) in [5, 5.41) is 4.58. The third kappa shape index (κ3) is 4.76. The predicted molar refractivity (Wildman–Crippen MR) is 117 cm³/mol. The molecule has 1 aromatic carbocycles. The summed E-state index contributed by atoms with van der Waals surface area (Å²) in [4.78, 5) is 19.0.